The first kappa shape index (κ1) is 21.6. The normalized spacial score (nSPS) is 19.6. The second-order valence-corrected chi connectivity index (χ2v) is 9.63. The van der Waals surface area contributed by atoms with E-state index in [4.69, 9.17) is 23.2 Å². The first-order chi connectivity index (χ1) is 14.5. The lowest BCUT2D eigenvalue weighted by Gasteiger charge is -2.35. The van der Waals surface area contributed by atoms with Crippen molar-refractivity contribution in [1.29, 1.82) is 0 Å². The number of hydrogen-bond donors (Lipinski definition) is 0. The van der Waals surface area contributed by atoms with Crippen molar-refractivity contribution < 1.29 is 4.79 Å². The number of halogens is 2. The van der Waals surface area contributed by atoms with Crippen LogP contribution in [0.5, 0.6) is 0 Å². The van der Waals surface area contributed by atoms with Crippen molar-refractivity contribution in [2.75, 3.05) is 50.4 Å². The molecule has 1 amide bonds. The highest BCUT2D eigenvalue weighted by Crippen LogP contribution is 2.31. The minimum absolute atomic E-state index is 0.0745. The zero-order valence-electron chi connectivity index (χ0n) is 17.0. The molecule has 0 saturated carbocycles. The third-order valence-corrected chi connectivity index (χ3v) is 7.27. The van der Waals surface area contributed by atoms with Gasteiger partial charge in [0, 0.05) is 50.7 Å². The number of para-hydroxylation sites is 1. The van der Waals surface area contributed by atoms with Crippen LogP contribution in [0.4, 0.5) is 5.69 Å². The molecule has 0 radical (unpaired) electrons. The topological polar surface area (TPSA) is 26.8 Å². The number of carbonyl (C=O) groups is 1. The van der Waals surface area contributed by atoms with E-state index in [-0.39, 0.29) is 5.91 Å². The summed E-state index contributed by atoms with van der Waals surface area (Å²) in [7, 11) is 2.16. The third kappa shape index (κ3) is 4.97. The van der Waals surface area contributed by atoms with E-state index in [0.29, 0.717) is 16.6 Å². The fraction of sp³-hybridized carbons (Fsp3) is 0.348. The van der Waals surface area contributed by atoms with Crippen molar-refractivity contribution >= 4 is 52.6 Å². The van der Waals surface area contributed by atoms with Crippen LogP contribution in [0.25, 0.3) is 6.08 Å². The van der Waals surface area contributed by atoms with E-state index >= 15 is 0 Å². The average Bonchev–Trinajstić information content (AvgIpc) is 2.75. The lowest BCUT2D eigenvalue weighted by Crippen LogP contribution is -2.44. The van der Waals surface area contributed by atoms with Crippen molar-refractivity contribution in [2.45, 2.75) is 6.54 Å². The van der Waals surface area contributed by atoms with E-state index in [1.165, 1.54) is 5.69 Å². The Morgan fingerprint density at radius 3 is 2.53 bits per heavy atom. The van der Waals surface area contributed by atoms with Crippen molar-refractivity contribution in [3.8, 4) is 0 Å². The van der Waals surface area contributed by atoms with Crippen LogP contribution in [0.3, 0.4) is 0 Å². The van der Waals surface area contributed by atoms with E-state index in [1.807, 2.05) is 23.1 Å². The summed E-state index contributed by atoms with van der Waals surface area (Å²) in [6.07, 6.45) is 2.06. The maximum Gasteiger partial charge on any atom is 0.260 e. The van der Waals surface area contributed by atoms with Gasteiger partial charge in [-0.3, -0.25) is 4.79 Å². The van der Waals surface area contributed by atoms with Crippen LogP contribution in [0.15, 0.2) is 47.4 Å². The second kappa shape index (κ2) is 9.65. The molecular formula is C23H25Cl2N3OS. The van der Waals surface area contributed by atoms with Gasteiger partial charge >= 0.3 is 0 Å². The standard InChI is InChI=1S/C23H25Cl2N3OS/c1-26-8-10-27(11-9-26)21-5-3-2-4-18(21)15-22-23(29)28(12-13-30-22)16-17-6-7-19(24)20(25)14-17/h2-7,14-15H,8-13,16H2,1H3/b22-15+. The molecule has 0 aliphatic carbocycles. The first-order valence-electron chi connectivity index (χ1n) is 10.1. The molecule has 2 aromatic carbocycles. The maximum atomic E-state index is 13.2. The zero-order valence-corrected chi connectivity index (χ0v) is 19.3. The van der Waals surface area contributed by atoms with Gasteiger partial charge < -0.3 is 14.7 Å². The zero-order chi connectivity index (χ0) is 21.1. The Hall–Kier alpha value is -1.66. The van der Waals surface area contributed by atoms with Gasteiger partial charge in [0.25, 0.3) is 5.91 Å². The molecule has 2 aromatic rings. The minimum atomic E-state index is 0.0745. The molecule has 0 bridgehead atoms. The molecule has 4 nitrogen and oxygen atoms in total. The minimum Gasteiger partial charge on any atom is -0.368 e. The Morgan fingerprint density at radius 1 is 1.00 bits per heavy atom. The molecule has 30 heavy (non-hydrogen) atoms. The van der Waals surface area contributed by atoms with E-state index < -0.39 is 0 Å². The van der Waals surface area contributed by atoms with Crippen LogP contribution in [0.1, 0.15) is 11.1 Å². The SMILES string of the molecule is CN1CCN(c2ccccc2/C=C2/SCCN(Cc3ccc(Cl)c(Cl)c3)C2=O)CC1. The van der Waals surface area contributed by atoms with Crippen molar-refractivity contribution in [3.63, 3.8) is 0 Å². The third-order valence-electron chi connectivity index (χ3n) is 5.54. The molecule has 7 heteroatoms. The molecule has 0 unspecified atom stereocenters. The number of nitrogens with zero attached hydrogens (tertiary/aromatic N) is 3. The van der Waals surface area contributed by atoms with Gasteiger partial charge in [0.15, 0.2) is 0 Å². The van der Waals surface area contributed by atoms with Crippen molar-refractivity contribution in [1.82, 2.24) is 9.80 Å². The Bertz CT molecular complexity index is 957. The fourth-order valence-corrected chi connectivity index (χ4v) is 5.10. The number of amides is 1. The molecular weight excluding hydrogens is 437 g/mol. The molecule has 0 atom stereocenters. The molecule has 2 fully saturated rings. The first-order valence-corrected chi connectivity index (χ1v) is 11.9. The maximum absolute atomic E-state index is 13.2. The number of piperazine rings is 1. The summed E-state index contributed by atoms with van der Waals surface area (Å²) in [5, 5.41) is 1.05. The van der Waals surface area contributed by atoms with E-state index in [0.717, 1.165) is 54.5 Å². The number of carbonyl (C=O) groups excluding carboxylic acids is 1. The number of benzene rings is 2. The van der Waals surface area contributed by atoms with E-state index in [2.05, 4.69) is 41.1 Å². The van der Waals surface area contributed by atoms with Gasteiger partial charge in [0.2, 0.25) is 0 Å². The van der Waals surface area contributed by atoms with Crippen molar-refractivity contribution in [3.05, 3.63) is 68.5 Å². The number of thioether (sulfide) groups is 1. The van der Waals surface area contributed by atoms with Crippen LogP contribution in [0.2, 0.25) is 10.0 Å². The summed E-state index contributed by atoms with van der Waals surface area (Å²) in [5.74, 6) is 0.959. The quantitative estimate of drug-likeness (QED) is 0.607. The van der Waals surface area contributed by atoms with Gasteiger partial charge in [-0.1, -0.05) is 47.5 Å². The molecule has 4 rings (SSSR count). The van der Waals surface area contributed by atoms with Crippen LogP contribution < -0.4 is 4.90 Å². The molecule has 0 N–H and O–H groups in total. The summed E-state index contributed by atoms with van der Waals surface area (Å²) in [4.78, 5) is 20.6. The number of likely N-dealkylation sites (N-methyl/N-ethyl adjacent to an activating group) is 1. The van der Waals surface area contributed by atoms with Gasteiger partial charge in [-0.25, -0.2) is 0 Å². The number of anilines is 1. The lowest BCUT2D eigenvalue weighted by atomic mass is 10.1. The summed E-state index contributed by atoms with van der Waals surface area (Å²) < 4.78 is 0. The molecule has 0 aromatic heterocycles. The molecule has 2 saturated heterocycles. The van der Waals surface area contributed by atoms with Gasteiger partial charge in [-0.05, 0) is 42.4 Å². The largest absolute Gasteiger partial charge is 0.368 e. The predicted molar refractivity (Wildman–Crippen MR) is 128 cm³/mol. The van der Waals surface area contributed by atoms with E-state index in [9.17, 15) is 4.79 Å². The summed E-state index contributed by atoms with van der Waals surface area (Å²) in [6.45, 7) is 5.36. The average molecular weight is 462 g/mol. The monoisotopic (exact) mass is 461 g/mol. The van der Waals surface area contributed by atoms with Crippen LogP contribution >= 0.6 is 35.0 Å². The van der Waals surface area contributed by atoms with Gasteiger partial charge in [0.1, 0.15) is 0 Å². The van der Waals surface area contributed by atoms with Gasteiger partial charge in [0.05, 0.1) is 15.0 Å². The van der Waals surface area contributed by atoms with Crippen LogP contribution in [-0.4, -0.2) is 61.2 Å². The second-order valence-electron chi connectivity index (χ2n) is 7.68. The summed E-state index contributed by atoms with van der Waals surface area (Å²) in [6, 6.07) is 13.9. The Kier molecular flexibility index (Phi) is 6.94. The van der Waals surface area contributed by atoms with Crippen molar-refractivity contribution in [2.24, 2.45) is 0 Å². The molecule has 158 valence electrons. The summed E-state index contributed by atoms with van der Waals surface area (Å²) >= 11 is 13.8. The highest BCUT2D eigenvalue weighted by Gasteiger charge is 2.25. The predicted octanol–water partition coefficient (Wildman–Crippen LogP) is 4.86. The van der Waals surface area contributed by atoms with Crippen LogP contribution in [-0.2, 0) is 11.3 Å². The fourth-order valence-electron chi connectivity index (χ4n) is 3.78. The molecule has 2 aliphatic heterocycles. The van der Waals surface area contributed by atoms with Crippen LogP contribution in [0, 0.1) is 0 Å². The smallest absolute Gasteiger partial charge is 0.260 e. The number of rotatable bonds is 4. The Morgan fingerprint density at radius 2 is 1.77 bits per heavy atom. The van der Waals surface area contributed by atoms with Gasteiger partial charge in [-0.15, -0.1) is 11.8 Å². The highest BCUT2D eigenvalue weighted by atomic mass is 35.5. The Balaban J connectivity index is 1.54. The highest BCUT2D eigenvalue weighted by molar-refractivity contribution is 8.04. The lowest BCUT2D eigenvalue weighted by molar-refractivity contribution is -0.126. The molecule has 0 spiro atoms. The molecule has 2 aliphatic rings. The number of hydrogen-bond acceptors (Lipinski definition) is 4. The van der Waals surface area contributed by atoms with E-state index in [1.54, 1.807) is 17.8 Å². The molecule has 2 heterocycles. The summed E-state index contributed by atoms with van der Waals surface area (Å²) in [5.41, 5.74) is 3.30. The Labute approximate surface area is 192 Å². The van der Waals surface area contributed by atoms with Gasteiger partial charge in [-0.2, -0.15) is 0 Å².